The fourth-order valence-corrected chi connectivity index (χ4v) is 1.61. The summed E-state index contributed by atoms with van der Waals surface area (Å²) < 4.78 is 0. The molecule has 0 atom stereocenters. The van der Waals surface area contributed by atoms with Gasteiger partial charge in [0.15, 0.2) is 0 Å². The van der Waals surface area contributed by atoms with E-state index in [0.29, 0.717) is 0 Å². The highest BCUT2D eigenvalue weighted by atomic mass is 14.9. The van der Waals surface area contributed by atoms with Gasteiger partial charge in [0.25, 0.3) is 0 Å². The van der Waals surface area contributed by atoms with Crippen LogP contribution in [0.1, 0.15) is 12.5 Å². The molecule has 0 aliphatic heterocycles. The molecule has 0 spiro atoms. The lowest BCUT2D eigenvalue weighted by Crippen LogP contribution is -1.97. The zero-order chi connectivity index (χ0) is 11.2. The van der Waals surface area contributed by atoms with Crippen molar-refractivity contribution in [1.29, 1.82) is 0 Å². The zero-order valence-corrected chi connectivity index (χ0v) is 9.35. The van der Waals surface area contributed by atoms with Crippen LogP contribution in [0.4, 0.5) is 5.69 Å². The van der Waals surface area contributed by atoms with E-state index in [1.807, 2.05) is 43.3 Å². The van der Waals surface area contributed by atoms with E-state index < -0.39 is 0 Å². The topological polar surface area (TPSA) is 12.0 Å². The molecule has 0 saturated heterocycles. The molecule has 1 N–H and O–H groups in total. The number of anilines is 1. The molecule has 0 aromatic heterocycles. The molecule has 16 heavy (non-hydrogen) atoms. The molecule has 80 valence electrons. The molecule has 2 aromatic rings. The number of allylic oxidation sites excluding steroid dienone is 1. The molecule has 1 nitrogen and oxygen atoms in total. The summed E-state index contributed by atoms with van der Waals surface area (Å²) in [6, 6.07) is 20.5. The molecule has 0 heterocycles. The van der Waals surface area contributed by atoms with Crippen LogP contribution in [0.5, 0.6) is 0 Å². The highest BCUT2D eigenvalue weighted by Gasteiger charge is 1.99. The molecule has 0 aliphatic rings. The number of hydrogen-bond acceptors (Lipinski definition) is 1. The summed E-state index contributed by atoms with van der Waals surface area (Å²) in [6.45, 7) is 2.04. The van der Waals surface area contributed by atoms with Crippen molar-refractivity contribution in [2.24, 2.45) is 0 Å². The zero-order valence-electron chi connectivity index (χ0n) is 9.35. The lowest BCUT2D eigenvalue weighted by molar-refractivity contribution is 1.51. The number of para-hydroxylation sites is 1. The Balaban J connectivity index is 2.20. The fourth-order valence-electron chi connectivity index (χ4n) is 1.61. The SMILES string of the molecule is C/C=C(\Nc1ccccc1)c1ccccc1. The van der Waals surface area contributed by atoms with Crippen molar-refractivity contribution in [3.05, 3.63) is 72.3 Å². The Labute approximate surface area is 96.4 Å². The number of hydrogen-bond donors (Lipinski definition) is 1. The average molecular weight is 209 g/mol. The van der Waals surface area contributed by atoms with Gasteiger partial charge in [-0.15, -0.1) is 0 Å². The fraction of sp³-hybridized carbons (Fsp3) is 0.0667. The van der Waals surface area contributed by atoms with Gasteiger partial charge < -0.3 is 5.32 Å². The van der Waals surface area contributed by atoms with Gasteiger partial charge in [-0.3, -0.25) is 0 Å². The first-order chi connectivity index (χ1) is 7.90. The number of nitrogens with one attached hydrogen (secondary N) is 1. The van der Waals surface area contributed by atoms with E-state index in [9.17, 15) is 0 Å². The third-order valence-electron chi connectivity index (χ3n) is 2.43. The van der Waals surface area contributed by atoms with Crippen molar-refractivity contribution >= 4 is 11.4 Å². The molecule has 0 unspecified atom stereocenters. The third kappa shape index (κ3) is 2.51. The summed E-state index contributed by atoms with van der Waals surface area (Å²) in [4.78, 5) is 0. The maximum atomic E-state index is 3.41. The van der Waals surface area contributed by atoms with Crippen LogP contribution in [0, 0.1) is 0 Å². The van der Waals surface area contributed by atoms with Gasteiger partial charge in [0, 0.05) is 11.4 Å². The summed E-state index contributed by atoms with van der Waals surface area (Å²) in [6.07, 6.45) is 2.09. The van der Waals surface area contributed by atoms with Gasteiger partial charge in [0.2, 0.25) is 0 Å². The highest BCUT2D eigenvalue weighted by Crippen LogP contribution is 2.17. The maximum absolute atomic E-state index is 3.41. The van der Waals surface area contributed by atoms with Crippen molar-refractivity contribution < 1.29 is 0 Å². The van der Waals surface area contributed by atoms with Crippen LogP contribution in [0.25, 0.3) is 5.70 Å². The van der Waals surface area contributed by atoms with E-state index in [4.69, 9.17) is 0 Å². The molecule has 0 fully saturated rings. The summed E-state index contributed by atoms with van der Waals surface area (Å²) in [5, 5.41) is 3.41. The van der Waals surface area contributed by atoms with E-state index in [1.165, 1.54) is 5.56 Å². The van der Waals surface area contributed by atoms with E-state index in [2.05, 4.69) is 35.7 Å². The van der Waals surface area contributed by atoms with Gasteiger partial charge in [-0.05, 0) is 24.6 Å². The Bertz CT molecular complexity index is 457. The molecule has 0 amide bonds. The number of rotatable bonds is 3. The van der Waals surface area contributed by atoms with Crippen LogP contribution in [0.3, 0.4) is 0 Å². The molecule has 0 bridgehead atoms. The Morgan fingerprint density at radius 3 is 2.00 bits per heavy atom. The van der Waals surface area contributed by atoms with Gasteiger partial charge >= 0.3 is 0 Å². The average Bonchev–Trinajstić information content (AvgIpc) is 2.38. The molecular formula is C15H15N. The first-order valence-electron chi connectivity index (χ1n) is 5.44. The van der Waals surface area contributed by atoms with Crippen LogP contribution in [-0.4, -0.2) is 0 Å². The van der Waals surface area contributed by atoms with E-state index in [1.54, 1.807) is 0 Å². The van der Waals surface area contributed by atoms with Crippen LogP contribution in [0.15, 0.2) is 66.7 Å². The maximum Gasteiger partial charge on any atom is 0.0414 e. The van der Waals surface area contributed by atoms with Crippen molar-refractivity contribution in [2.75, 3.05) is 5.32 Å². The monoisotopic (exact) mass is 209 g/mol. The Kier molecular flexibility index (Phi) is 3.39. The molecule has 2 aromatic carbocycles. The molecular weight excluding hydrogens is 194 g/mol. The summed E-state index contributed by atoms with van der Waals surface area (Å²) >= 11 is 0. The minimum Gasteiger partial charge on any atom is -0.355 e. The second kappa shape index (κ2) is 5.17. The van der Waals surface area contributed by atoms with Crippen molar-refractivity contribution in [1.82, 2.24) is 0 Å². The largest absolute Gasteiger partial charge is 0.355 e. The molecule has 0 radical (unpaired) electrons. The van der Waals surface area contributed by atoms with Crippen LogP contribution >= 0.6 is 0 Å². The summed E-state index contributed by atoms with van der Waals surface area (Å²) in [5.74, 6) is 0. The Hall–Kier alpha value is -2.02. The van der Waals surface area contributed by atoms with Crippen molar-refractivity contribution in [3.8, 4) is 0 Å². The van der Waals surface area contributed by atoms with Crippen molar-refractivity contribution in [2.45, 2.75) is 6.92 Å². The lowest BCUT2D eigenvalue weighted by atomic mass is 10.1. The molecule has 1 heteroatoms. The quantitative estimate of drug-likeness (QED) is 0.800. The standard InChI is InChI=1S/C15H15N/c1-2-15(13-9-5-3-6-10-13)16-14-11-7-4-8-12-14/h2-12,16H,1H3/b15-2-. The first kappa shape index (κ1) is 10.5. The summed E-state index contributed by atoms with van der Waals surface area (Å²) in [7, 11) is 0. The van der Waals surface area contributed by atoms with E-state index in [-0.39, 0.29) is 0 Å². The van der Waals surface area contributed by atoms with Gasteiger partial charge in [0.05, 0.1) is 0 Å². The Morgan fingerprint density at radius 1 is 0.875 bits per heavy atom. The summed E-state index contributed by atoms with van der Waals surface area (Å²) in [5.41, 5.74) is 3.44. The van der Waals surface area contributed by atoms with Gasteiger partial charge in [-0.2, -0.15) is 0 Å². The second-order valence-corrected chi connectivity index (χ2v) is 3.56. The molecule has 0 aliphatic carbocycles. The second-order valence-electron chi connectivity index (χ2n) is 3.56. The van der Waals surface area contributed by atoms with Gasteiger partial charge in [-0.25, -0.2) is 0 Å². The van der Waals surface area contributed by atoms with Crippen LogP contribution in [-0.2, 0) is 0 Å². The minimum atomic E-state index is 1.11. The van der Waals surface area contributed by atoms with Crippen LogP contribution < -0.4 is 5.32 Å². The van der Waals surface area contributed by atoms with E-state index in [0.717, 1.165) is 11.4 Å². The third-order valence-corrected chi connectivity index (χ3v) is 2.43. The normalized spacial score (nSPS) is 11.2. The minimum absolute atomic E-state index is 1.11. The predicted octanol–water partition coefficient (Wildman–Crippen LogP) is 4.16. The highest BCUT2D eigenvalue weighted by molar-refractivity contribution is 5.76. The smallest absolute Gasteiger partial charge is 0.0414 e. The predicted molar refractivity (Wildman–Crippen MR) is 70.2 cm³/mol. The number of benzene rings is 2. The first-order valence-corrected chi connectivity index (χ1v) is 5.44. The van der Waals surface area contributed by atoms with Gasteiger partial charge in [-0.1, -0.05) is 54.6 Å². The van der Waals surface area contributed by atoms with E-state index >= 15 is 0 Å². The van der Waals surface area contributed by atoms with Crippen molar-refractivity contribution in [3.63, 3.8) is 0 Å². The van der Waals surface area contributed by atoms with Crippen LogP contribution in [0.2, 0.25) is 0 Å². The lowest BCUT2D eigenvalue weighted by Gasteiger charge is -2.10. The molecule has 2 rings (SSSR count). The Morgan fingerprint density at radius 2 is 1.44 bits per heavy atom. The van der Waals surface area contributed by atoms with Gasteiger partial charge in [0.1, 0.15) is 0 Å². The molecule has 0 saturated carbocycles.